The Kier molecular flexibility index (Phi) is 6.47. The molecule has 2 aromatic carbocycles. The van der Waals surface area contributed by atoms with Gasteiger partial charge in [-0.3, -0.25) is 4.79 Å². The van der Waals surface area contributed by atoms with Crippen LogP contribution < -0.4 is 14.2 Å². The smallest absolute Gasteiger partial charge is 0.231 e. The Bertz CT molecular complexity index is 1050. The Morgan fingerprint density at radius 2 is 1.74 bits per heavy atom. The molecule has 1 aliphatic rings. The van der Waals surface area contributed by atoms with E-state index in [0.717, 1.165) is 22.8 Å². The van der Waals surface area contributed by atoms with E-state index in [0.29, 0.717) is 11.6 Å². The molecule has 1 aliphatic heterocycles. The van der Waals surface area contributed by atoms with Crippen LogP contribution in [0.1, 0.15) is 43.2 Å². The lowest BCUT2D eigenvalue weighted by Crippen LogP contribution is -2.16. The summed E-state index contributed by atoms with van der Waals surface area (Å²) in [6.07, 6.45) is 0. The number of aromatic nitrogens is 1. The fourth-order valence-corrected chi connectivity index (χ4v) is 4.69. The molecule has 2 atom stereocenters. The topological polar surface area (TPSA) is 57.7 Å². The number of nitrogens with zero attached hydrogens (tertiary/aromatic N) is 1. The second-order valence-corrected chi connectivity index (χ2v) is 9.07. The van der Waals surface area contributed by atoms with E-state index >= 15 is 0 Å². The van der Waals surface area contributed by atoms with Gasteiger partial charge in [-0.2, -0.15) is 0 Å². The van der Waals surface area contributed by atoms with Gasteiger partial charge in [0.1, 0.15) is 5.75 Å². The van der Waals surface area contributed by atoms with Crippen molar-refractivity contribution in [2.45, 2.75) is 31.9 Å². The summed E-state index contributed by atoms with van der Waals surface area (Å²) in [4.78, 5) is 17.9. The quantitative estimate of drug-likeness (QED) is 0.430. The molecule has 160 valence electrons. The number of para-hydroxylation sites is 1. The zero-order chi connectivity index (χ0) is 21.8. The van der Waals surface area contributed by atoms with Gasteiger partial charge in [0, 0.05) is 6.07 Å². The van der Waals surface area contributed by atoms with Crippen molar-refractivity contribution < 1.29 is 19.0 Å². The highest BCUT2D eigenvalue weighted by atomic mass is 32.2. The lowest BCUT2D eigenvalue weighted by atomic mass is 9.89. The molecule has 3 aromatic rings. The minimum Gasteiger partial charge on any atom is -0.454 e. The molecular weight excluding hydrogens is 410 g/mol. The normalized spacial score (nSPS) is 14.3. The Hall–Kier alpha value is -2.99. The second kappa shape index (κ2) is 9.43. The van der Waals surface area contributed by atoms with Gasteiger partial charge in [-0.1, -0.05) is 55.9 Å². The third-order valence-corrected chi connectivity index (χ3v) is 6.18. The number of rotatable bonds is 7. The number of ether oxygens (including phenoxy) is 3. The fraction of sp³-hybridized carbons (Fsp3) is 0.280. The predicted octanol–water partition coefficient (Wildman–Crippen LogP) is 6.36. The first-order chi connectivity index (χ1) is 15.0. The maximum absolute atomic E-state index is 13.3. The molecule has 0 radical (unpaired) electrons. The van der Waals surface area contributed by atoms with Gasteiger partial charge in [0.2, 0.25) is 12.7 Å². The van der Waals surface area contributed by atoms with Gasteiger partial charge in [0.25, 0.3) is 0 Å². The van der Waals surface area contributed by atoms with Crippen LogP contribution in [0.3, 0.4) is 0 Å². The molecule has 1 aromatic heterocycles. The summed E-state index contributed by atoms with van der Waals surface area (Å²) in [6.45, 7) is 6.34. The Morgan fingerprint density at radius 1 is 0.968 bits per heavy atom. The van der Waals surface area contributed by atoms with Crippen molar-refractivity contribution in [1.29, 1.82) is 0 Å². The van der Waals surface area contributed by atoms with Crippen LogP contribution in [0.15, 0.2) is 66.7 Å². The van der Waals surface area contributed by atoms with Crippen LogP contribution in [0.25, 0.3) is 0 Å². The van der Waals surface area contributed by atoms with Gasteiger partial charge in [-0.05, 0) is 48.7 Å². The Labute approximate surface area is 186 Å². The minimum atomic E-state index is -0.245. The molecule has 0 amide bonds. The molecule has 4 rings (SSSR count). The molecule has 0 bridgehead atoms. The van der Waals surface area contributed by atoms with Gasteiger partial charge >= 0.3 is 0 Å². The maximum atomic E-state index is 13.3. The number of fused-ring (bicyclic) bond motifs is 1. The molecule has 2 unspecified atom stereocenters. The van der Waals surface area contributed by atoms with Crippen molar-refractivity contribution in [1.82, 2.24) is 4.98 Å². The minimum absolute atomic E-state index is 0.109. The summed E-state index contributed by atoms with van der Waals surface area (Å²) in [5.41, 5.74) is 1.75. The molecule has 0 saturated heterocycles. The molecule has 0 saturated carbocycles. The van der Waals surface area contributed by atoms with Crippen molar-refractivity contribution in [2.24, 2.45) is 5.92 Å². The highest BCUT2D eigenvalue weighted by Crippen LogP contribution is 2.40. The van der Waals surface area contributed by atoms with Crippen LogP contribution in [0, 0.1) is 5.92 Å². The Balaban J connectivity index is 1.48. The molecule has 0 aliphatic carbocycles. The molecule has 5 nitrogen and oxygen atoms in total. The average molecular weight is 436 g/mol. The van der Waals surface area contributed by atoms with Gasteiger partial charge < -0.3 is 14.2 Å². The number of pyridine rings is 1. The summed E-state index contributed by atoms with van der Waals surface area (Å²) in [6, 6.07) is 20.9. The first-order valence-electron chi connectivity index (χ1n) is 10.3. The van der Waals surface area contributed by atoms with E-state index in [1.807, 2.05) is 73.7 Å². The highest BCUT2D eigenvalue weighted by Gasteiger charge is 2.28. The Morgan fingerprint density at radius 3 is 2.52 bits per heavy atom. The zero-order valence-electron chi connectivity index (χ0n) is 17.8. The van der Waals surface area contributed by atoms with Crippen LogP contribution in [0.4, 0.5) is 0 Å². The van der Waals surface area contributed by atoms with Gasteiger partial charge in [0.15, 0.2) is 16.6 Å². The van der Waals surface area contributed by atoms with Crippen molar-refractivity contribution in [3.63, 3.8) is 0 Å². The van der Waals surface area contributed by atoms with Crippen LogP contribution in [0.2, 0.25) is 0 Å². The molecular formula is C25H25NO4S. The summed E-state index contributed by atoms with van der Waals surface area (Å²) in [5.74, 6) is 2.56. The highest BCUT2D eigenvalue weighted by molar-refractivity contribution is 8.13. The fourth-order valence-electron chi connectivity index (χ4n) is 3.53. The van der Waals surface area contributed by atoms with E-state index in [9.17, 15) is 4.79 Å². The van der Waals surface area contributed by atoms with E-state index < -0.39 is 0 Å². The number of carbonyl (C=O) groups is 1. The predicted molar refractivity (Wildman–Crippen MR) is 122 cm³/mol. The van der Waals surface area contributed by atoms with Crippen LogP contribution in [-0.2, 0) is 4.79 Å². The average Bonchev–Trinajstić information content (AvgIpc) is 3.22. The first-order valence-corrected chi connectivity index (χ1v) is 11.2. The number of hydrogen-bond donors (Lipinski definition) is 0. The number of carbonyl (C=O) groups excluding carboxylic acids is 1. The summed E-state index contributed by atoms with van der Waals surface area (Å²) in [5, 5.41) is -0.000343. The third-order valence-electron chi connectivity index (χ3n) is 5.10. The van der Waals surface area contributed by atoms with Crippen molar-refractivity contribution in [3.05, 3.63) is 78.0 Å². The summed E-state index contributed by atoms with van der Waals surface area (Å²) in [7, 11) is 0. The van der Waals surface area contributed by atoms with Gasteiger partial charge in [0.05, 0.1) is 16.9 Å². The van der Waals surface area contributed by atoms with Crippen molar-refractivity contribution >= 4 is 16.9 Å². The number of hydrogen-bond acceptors (Lipinski definition) is 6. The largest absolute Gasteiger partial charge is 0.454 e. The molecule has 6 heteroatoms. The SMILES string of the molecule is CC(SC(=O)C(c1ccc2c(c1)OCO2)C(C)C)c1cccc(Oc2ccccc2)n1. The lowest BCUT2D eigenvalue weighted by Gasteiger charge is -2.21. The molecule has 2 heterocycles. The van der Waals surface area contributed by atoms with Crippen molar-refractivity contribution in [2.75, 3.05) is 6.79 Å². The van der Waals surface area contributed by atoms with Crippen LogP contribution >= 0.6 is 11.8 Å². The van der Waals surface area contributed by atoms with Crippen molar-refractivity contribution in [3.8, 4) is 23.1 Å². The van der Waals surface area contributed by atoms with Gasteiger partial charge in [-0.15, -0.1) is 0 Å². The zero-order valence-corrected chi connectivity index (χ0v) is 18.6. The van der Waals surface area contributed by atoms with E-state index in [1.165, 1.54) is 11.8 Å². The lowest BCUT2D eigenvalue weighted by molar-refractivity contribution is -0.113. The standard InChI is InChI=1S/C25H25NO4S/c1-16(2)24(18-12-13-21-22(14-18)29-15-28-21)25(27)31-17(3)20-10-7-11-23(26-20)30-19-8-5-4-6-9-19/h4-14,16-17,24H,15H2,1-3H3. The maximum Gasteiger partial charge on any atom is 0.231 e. The van der Waals surface area contributed by atoms with Crippen LogP contribution in [0.5, 0.6) is 23.1 Å². The molecule has 31 heavy (non-hydrogen) atoms. The number of benzene rings is 2. The van der Waals surface area contributed by atoms with E-state index in [4.69, 9.17) is 14.2 Å². The molecule has 0 fully saturated rings. The van der Waals surface area contributed by atoms with Gasteiger partial charge in [-0.25, -0.2) is 4.98 Å². The number of thioether (sulfide) groups is 1. The van der Waals surface area contributed by atoms with E-state index in [2.05, 4.69) is 18.8 Å². The molecule has 0 spiro atoms. The molecule has 0 N–H and O–H groups in total. The third kappa shape index (κ3) is 5.02. The second-order valence-electron chi connectivity index (χ2n) is 7.73. The van der Waals surface area contributed by atoms with E-state index in [1.54, 1.807) is 0 Å². The first kappa shape index (κ1) is 21.2. The van der Waals surface area contributed by atoms with E-state index in [-0.39, 0.29) is 29.0 Å². The summed E-state index contributed by atoms with van der Waals surface area (Å²) < 4.78 is 16.7. The summed E-state index contributed by atoms with van der Waals surface area (Å²) >= 11 is 1.30. The monoisotopic (exact) mass is 435 g/mol. The van der Waals surface area contributed by atoms with Crippen LogP contribution in [-0.4, -0.2) is 16.9 Å².